The molecular weight excluding hydrogens is 230 g/mol. The average Bonchev–Trinajstić information content (AvgIpc) is 2.82. The van der Waals surface area contributed by atoms with Crippen molar-refractivity contribution >= 4 is 11.3 Å². The highest BCUT2D eigenvalue weighted by molar-refractivity contribution is 7.12. The molecule has 2 nitrogen and oxygen atoms in total. The van der Waals surface area contributed by atoms with Gasteiger partial charge in [0, 0.05) is 21.7 Å². The SMILES string of the molecule is CCNC(c1cc(C)sc1C)C1COC(C)C1. The molecule has 0 amide bonds. The van der Waals surface area contributed by atoms with Crippen molar-refractivity contribution < 1.29 is 4.74 Å². The summed E-state index contributed by atoms with van der Waals surface area (Å²) in [5.41, 5.74) is 1.48. The molecule has 1 saturated heterocycles. The van der Waals surface area contributed by atoms with E-state index >= 15 is 0 Å². The molecule has 0 spiro atoms. The van der Waals surface area contributed by atoms with Gasteiger partial charge in [-0.2, -0.15) is 0 Å². The summed E-state index contributed by atoms with van der Waals surface area (Å²) in [5, 5.41) is 3.64. The largest absolute Gasteiger partial charge is 0.378 e. The zero-order valence-corrected chi connectivity index (χ0v) is 12.1. The Morgan fingerprint density at radius 1 is 1.53 bits per heavy atom. The summed E-state index contributed by atoms with van der Waals surface area (Å²) >= 11 is 1.90. The molecule has 1 aromatic rings. The van der Waals surface area contributed by atoms with Gasteiger partial charge in [-0.25, -0.2) is 0 Å². The van der Waals surface area contributed by atoms with E-state index in [0.717, 1.165) is 13.2 Å². The van der Waals surface area contributed by atoms with E-state index in [1.807, 2.05) is 11.3 Å². The van der Waals surface area contributed by atoms with E-state index < -0.39 is 0 Å². The lowest BCUT2D eigenvalue weighted by molar-refractivity contribution is 0.117. The van der Waals surface area contributed by atoms with Gasteiger partial charge in [0.25, 0.3) is 0 Å². The Hall–Kier alpha value is -0.380. The van der Waals surface area contributed by atoms with Crippen LogP contribution in [0.15, 0.2) is 6.07 Å². The van der Waals surface area contributed by atoms with Crippen LogP contribution in [0.1, 0.15) is 41.6 Å². The summed E-state index contributed by atoms with van der Waals surface area (Å²) in [5.74, 6) is 0.623. The van der Waals surface area contributed by atoms with E-state index in [9.17, 15) is 0 Å². The number of rotatable bonds is 4. The van der Waals surface area contributed by atoms with Crippen molar-refractivity contribution in [1.82, 2.24) is 5.32 Å². The molecule has 17 heavy (non-hydrogen) atoms. The summed E-state index contributed by atoms with van der Waals surface area (Å²) in [6, 6.07) is 2.81. The van der Waals surface area contributed by atoms with E-state index in [1.165, 1.54) is 21.7 Å². The molecule has 1 aliphatic rings. The Morgan fingerprint density at radius 2 is 2.29 bits per heavy atom. The Labute approximate surface area is 108 Å². The number of ether oxygens (including phenoxy) is 1. The molecule has 0 aliphatic carbocycles. The van der Waals surface area contributed by atoms with Gasteiger partial charge >= 0.3 is 0 Å². The standard InChI is InChI=1S/C14H23NOS/c1-5-15-14(12-6-9(2)16-8-12)13-7-10(3)17-11(13)4/h7,9,12,14-15H,5-6,8H2,1-4H3. The fourth-order valence-electron chi connectivity index (χ4n) is 2.79. The van der Waals surface area contributed by atoms with Crippen LogP contribution >= 0.6 is 11.3 Å². The fourth-order valence-corrected chi connectivity index (χ4v) is 3.76. The maximum atomic E-state index is 5.72. The molecule has 3 unspecified atom stereocenters. The molecule has 2 heterocycles. The third kappa shape index (κ3) is 2.90. The van der Waals surface area contributed by atoms with Crippen LogP contribution in [0.25, 0.3) is 0 Å². The summed E-state index contributed by atoms with van der Waals surface area (Å²) in [6.45, 7) is 10.7. The molecule has 1 aliphatic heterocycles. The van der Waals surface area contributed by atoms with Crippen molar-refractivity contribution in [2.75, 3.05) is 13.2 Å². The Balaban J connectivity index is 2.19. The van der Waals surface area contributed by atoms with Gasteiger partial charge in [-0.3, -0.25) is 0 Å². The second-order valence-electron chi connectivity index (χ2n) is 5.04. The Bertz CT molecular complexity index is 374. The predicted molar refractivity (Wildman–Crippen MR) is 73.7 cm³/mol. The highest BCUT2D eigenvalue weighted by Crippen LogP contribution is 2.35. The maximum absolute atomic E-state index is 5.72. The van der Waals surface area contributed by atoms with Crippen molar-refractivity contribution in [1.29, 1.82) is 0 Å². The summed E-state index contributed by atoms with van der Waals surface area (Å²) < 4.78 is 5.72. The van der Waals surface area contributed by atoms with Crippen LogP contribution in [0.2, 0.25) is 0 Å². The molecule has 96 valence electrons. The van der Waals surface area contributed by atoms with E-state index in [1.54, 1.807) is 0 Å². The number of nitrogens with one attached hydrogen (secondary N) is 1. The maximum Gasteiger partial charge on any atom is 0.0551 e. The van der Waals surface area contributed by atoms with Gasteiger partial charge in [-0.05, 0) is 45.4 Å². The van der Waals surface area contributed by atoms with Crippen LogP contribution in [0.4, 0.5) is 0 Å². The molecule has 0 saturated carbocycles. The molecule has 3 heteroatoms. The second-order valence-corrected chi connectivity index (χ2v) is 6.50. The highest BCUT2D eigenvalue weighted by Gasteiger charge is 2.31. The lowest BCUT2D eigenvalue weighted by Gasteiger charge is -2.23. The molecule has 1 N–H and O–H groups in total. The Kier molecular flexibility index (Phi) is 4.23. The van der Waals surface area contributed by atoms with Gasteiger partial charge in [0.15, 0.2) is 0 Å². The van der Waals surface area contributed by atoms with E-state index in [0.29, 0.717) is 18.1 Å². The molecule has 0 bridgehead atoms. The quantitative estimate of drug-likeness (QED) is 0.887. The van der Waals surface area contributed by atoms with Crippen molar-refractivity contribution in [3.8, 4) is 0 Å². The van der Waals surface area contributed by atoms with E-state index in [-0.39, 0.29) is 0 Å². The van der Waals surface area contributed by atoms with Crippen molar-refractivity contribution in [3.05, 3.63) is 21.4 Å². The number of thiophene rings is 1. The minimum atomic E-state index is 0.418. The summed E-state index contributed by atoms with van der Waals surface area (Å²) in [6.07, 6.45) is 1.59. The van der Waals surface area contributed by atoms with Crippen LogP contribution < -0.4 is 5.32 Å². The Morgan fingerprint density at radius 3 is 2.76 bits per heavy atom. The van der Waals surface area contributed by atoms with Gasteiger partial charge in [0.05, 0.1) is 12.7 Å². The average molecular weight is 253 g/mol. The fraction of sp³-hybridized carbons (Fsp3) is 0.714. The monoisotopic (exact) mass is 253 g/mol. The van der Waals surface area contributed by atoms with Gasteiger partial charge in [0.2, 0.25) is 0 Å². The van der Waals surface area contributed by atoms with Crippen molar-refractivity contribution in [2.45, 2.75) is 46.3 Å². The van der Waals surface area contributed by atoms with Gasteiger partial charge in [-0.15, -0.1) is 11.3 Å². The third-order valence-corrected chi connectivity index (χ3v) is 4.52. The highest BCUT2D eigenvalue weighted by atomic mass is 32.1. The van der Waals surface area contributed by atoms with Crippen LogP contribution in [-0.2, 0) is 4.74 Å². The molecule has 2 rings (SSSR count). The third-order valence-electron chi connectivity index (χ3n) is 3.54. The molecule has 1 aromatic heterocycles. The van der Waals surface area contributed by atoms with Crippen LogP contribution in [0, 0.1) is 19.8 Å². The first-order valence-electron chi connectivity index (χ1n) is 6.53. The van der Waals surface area contributed by atoms with E-state index in [2.05, 4.69) is 39.1 Å². The first kappa shape index (κ1) is 13.1. The van der Waals surface area contributed by atoms with Crippen LogP contribution in [-0.4, -0.2) is 19.3 Å². The zero-order chi connectivity index (χ0) is 12.4. The van der Waals surface area contributed by atoms with Crippen molar-refractivity contribution in [3.63, 3.8) is 0 Å². The van der Waals surface area contributed by atoms with E-state index in [4.69, 9.17) is 4.74 Å². The predicted octanol–water partition coefficient (Wildman–Crippen LogP) is 3.44. The molecular formula is C14H23NOS. The number of aryl methyl sites for hydroxylation is 2. The van der Waals surface area contributed by atoms with Crippen LogP contribution in [0.3, 0.4) is 0 Å². The molecule has 0 aromatic carbocycles. The lowest BCUT2D eigenvalue weighted by Crippen LogP contribution is -2.28. The second kappa shape index (κ2) is 5.51. The molecule has 1 fully saturated rings. The minimum Gasteiger partial charge on any atom is -0.378 e. The normalized spacial score (nSPS) is 26.4. The van der Waals surface area contributed by atoms with Gasteiger partial charge in [0.1, 0.15) is 0 Å². The topological polar surface area (TPSA) is 21.3 Å². The van der Waals surface area contributed by atoms with Crippen molar-refractivity contribution in [2.24, 2.45) is 5.92 Å². The molecule has 3 atom stereocenters. The summed E-state index contributed by atoms with van der Waals surface area (Å²) in [7, 11) is 0. The first-order chi connectivity index (χ1) is 8.11. The smallest absolute Gasteiger partial charge is 0.0551 e. The van der Waals surface area contributed by atoms with Gasteiger partial charge in [-0.1, -0.05) is 6.92 Å². The lowest BCUT2D eigenvalue weighted by atomic mass is 9.91. The molecule has 0 radical (unpaired) electrons. The number of hydrogen-bond donors (Lipinski definition) is 1. The summed E-state index contributed by atoms with van der Waals surface area (Å²) in [4.78, 5) is 2.86. The zero-order valence-electron chi connectivity index (χ0n) is 11.2. The minimum absolute atomic E-state index is 0.418. The van der Waals surface area contributed by atoms with Crippen LogP contribution in [0.5, 0.6) is 0 Å². The van der Waals surface area contributed by atoms with Gasteiger partial charge < -0.3 is 10.1 Å². The first-order valence-corrected chi connectivity index (χ1v) is 7.35. The number of hydrogen-bond acceptors (Lipinski definition) is 3.